The van der Waals surface area contributed by atoms with Crippen molar-refractivity contribution in [3.05, 3.63) is 95.7 Å². The summed E-state index contributed by atoms with van der Waals surface area (Å²) in [5, 5.41) is 0.662. The van der Waals surface area contributed by atoms with Gasteiger partial charge in [0, 0.05) is 17.0 Å². The number of hydrogen-bond acceptors (Lipinski definition) is 5. The molecule has 1 aromatic heterocycles. The quantitative estimate of drug-likeness (QED) is 0.461. The fourth-order valence-corrected chi connectivity index (χ4v) is 5.00. The van der Waals surface area contributed by atoms with E-state index in [-0.39, 0.29) is 22.4 Å². The number of nitrogens with zero attached hydrogens (tertiary/aromatic N) is 1. The van der Waals surface area contributed by atoms with Crippen molar-refractivity contribution < 1.29 is 17.9 Å². The summed E-state index contributed by atoms with van der Waals surface area (Å²) in [5.74, 6) is 0.159. The molecule has 0 radical (unpaired) electrons. The van der Waals surface area contributed by atoms with Gasteiger partial charge in [0.05, 0.1) is 17.5 Å². The molecule has 0 unspecified atom stereocenters. The maximum Gasteiger partial charge on any atom is 0.268 e. The van der Waals surface area contributed by atoms with Crippen molar-refractivity contribution in [2.75, 3.05) is 7.11 Å². The van der Waals surface area contributed by atoms with Crippen molar-refractivity contribution in [1.29, 1.82) is 0 Å². The third-order valence-electron chi connectivity index (χ3n) is 5.20. The van der Waals surface area contributed by atoms with Gasteiger partial charge >= 0.3 is 0 Å². The van der Waals surface area contributed by atoms with Crippen LogP contribution in [-0.4, -0.2) is 25.3 Å². The van der Waals surface area contributed by atoms with Gasteiger partial charge in [0.1, 0.15) is 11.4 Å². The number of fused-ring (bicyclic) bond motifs is 1. The molecule has 3 aromatic carbocycles. The largest absolute Gasteiger partial charge is 0.497 e. The lowest BCUT2D eigenvalue weighted by Gasteiger charge is -2.12. The minimum atomic E-state index is -4.03. The van der Waals surface area contributed by atoms with E-state index in [9.17, 15) is 13.2 Å². The van der Waals surface area contributed by atoms with Crippen LogP contribution in [0.4, 0.5) is 0 Å². The number of aromatic nitrogens is 1. The number of para-hydroxylation sites is 1. The number of methoxy groups -OCH3 is 1. The van der Waals surface area contributed by atoms with Crippen LogP contribution < -0.4 is 10.5 Å². The Morgan fingerprint density at radius 3 is 2.23 bits per heavy atom. The van der Waals surface area contributed by atoms with Crippen LogP contribution in [0.3, 0.4) is 0 Å². The standard InChI is InChI=1S/C24H22N2O4S/c1-16(25)17-7-9-18(10-8-17)24(27)23-15-19-5-3-4-6-22(19)26(23)31(28,29)21-13-11-20(30-2)12-14-21/h3-16H,25H2,1-2H3/t16-/m0/s1. The number of nitrogens with two attached hydrogens (primary N) is 1. The highest BCUT2D eigenvalue weighted by molar-refractivity contribution is 7.90. The molecule has 6 nitrogen and oxygen atoms in total. The summed E-state index contributed by atoms with van der Waals surface area (Å²) < 4.78 is 33.4. The highest BCUT2D eigenvalue weighted by Gasteiger charge is 2.27. The van der Waals surface area contributed by atoms with Crippen LogP contribution >= 0.6 is 0 Å². The minimum Gasteiger partial charge on any atom is -0.497 e. The Hall–Kier alpha value is -3.42. The first kappa shape index (κ1) is 20.8. The molecule has 1 atom stereocenters. The molecule has 7 heteroatoms. The number of rotatable bonds is 6. The molecule has 2 N–H and O–H groups in total. The highest BCUT2D eigenvalue weighted by Crippen LogP contribution is 2.28. The van der Waals surface area contributed by atoms with Gasteiger partial charge in [-0.25, -0.2) is 12.4 Å². The monoisotopic (exact) mass is 434 g/mol. The summed E-state index contributed by atoms with van der Waals surface area (Å²) in [7, 11) is -2.52. The topological polar surface area (TPSA) is 91.4 Å². The van der Waals surface area contributed by atoms with E-state index in [0.29, 0.717) is 22.2 Å². The SMILES string of the molecule is COc1ccc(S(=O)(=O)n2c(C(=O)c3ccc([C@H](C)N)cc3)cc3ccccc32)cc1. The molecule has 4 aromatic rings. The smallest absolute Gasteiger partial charge is 0.268 e. The third kappa shape index (κ3) is 3.73. The maximum absolute atomic E-state index is 13.6. The zero-order valence-electron chi connectivity index (χ0n) is 17.1. The second kappa shape index (κ2) is 8.02. The summed E-state index contributed by atoms with van der Waals surface area (Å²) >= 11 is 0. The van der Waals surface area contributed by atoms with E-state index in [0.717, 1.165) is 9.54 Å². The van der Waals surface area contributed by atoms with E-state index in [2.05, 4.69) is 0 Å². The zero-order chi connectivity index (χ0) is 22.2. The molecule has 31 heavy (non-hydrogen) atoms. The van der Waals surface area contributed by atoms with E-state index < -0.39 is 10.0 Å². The zero-order valence-corrected chi connectivity index (χ0v) is 18.0. The van der Waals surface area contributed by atoms with Crippen LogP contribution in [0, 0.1) is 0 Å². The first-order chi connectivity index (χ1) is 14.8. The lowest BCUT2D eigenvalue weighted by molar-refractivity contribution is 0.103. The molecule has 0 fully saturated rings. The number of ketones is 1. The second-order valence-corrected chi connectivity index (χ2v) is 9.06. The van der Waals surface area contributed by atoms with E-state index in [1.54, 1.807) is 66.7 Å². The fourth-order valence-electron chi connectivity index (χ4n) is 3.49. The molecule has 0 aliphatic carbocycles. The van der Waals surface area contributed by atoms with Crippen molar-refractivity contribution in [3.8, 4) is 5.75 Å². The summed E-state index contributed by atoms with van der Waals surface area (Å²) in [6, 6.07) is 21.5. The van der Waals surface area contributed by atoms with Gasteiger partial charge in [-0.15, -0.1) is 0 Å². The lowest BCUT2D eigenvalue weighted by Crippen LogP contribution is -2.19. The van der Waals surface area contributed by atoms with Crippen molar-refractivity contribution in [2.45, 2.75) is 17.9 Å². The van der Waals surface area contributed by atoms with Gasteiger partial charge in [-0.1, -0.05) is 42.5 Å². The summed E-state index contributed by atoms with van der Waals surface area (Å²) in [6.07, 6.45) is 0. The van der Waals surface area contributed by atoms with Crippen molar-refractivity contribution in [1.82, 2.24) is 3.97 Å². The number of carbonyl (C=O) groups excluding carboxylic acids is 1. The molecule has 1 heterocycles. The molecule has 0 saturated carbocycles. The highest BCUT2D eigenvalue weighted by atomic mass is 32.2. The van der Waals surface area contributed by atoms with Crippen molar-refractivity contribution in [2.24, 2.45) is 5.73 Å². The molecule has 0 spiro atoms. The third-order valence-corrected chi connectivity index (χ3v) is 6.94. The van der Waals surface area contributed by atoms with E-state index in [1.807, 2.05) is 6.92 Å². The molecular formula is C24H22N2O4S. The number of benzene rings is 3. The molecule has 158 valence electrons. The molecule has 0 aliphatic heterocycles. The molecule has 0 bridgehead atoms. The molecule has 4 rings (SSSR count). The second-order valence-electron chi connectivity index (χ2n) is 7.27. The van der Waals surface area contributed by atoms with Crippen LogP contribution in [0.5, 0.6) is 5.75 Å². The van der Waals surface area contributed by atoms with Gasteiger partial charge in [0.2, 0.25) is 5.78 Å². The van der Waals surface area contributed by atoms with Crippen LogP contribution in [0.25, 0.3) is 10.9 Å². The predicted octanol–water partition coefficient (Wildman–Crippen LogP) is 4.14. The van der Waals surface area contributed by atoms with Gasteiger partial charge in [0.25, 0.3) is 10.0 Å². The van der Waals surface area contributed by atoms with Gasteiger partial charge in [-0.3, -0.25) is 4.79 Å². The van der Waals surface area contributed by atoms with E-state index >= 15 is 0 Å². The van der Waals surface area contributed by atoms with Crippen LogP contribution in [-0.2, 0) is 10.0 Å². The maximum atomic E-state index is 13.6. The van der Waals surface area contributed by atoms with Crippen LogP contribution in [0.1, 0.15) is 34.6 Å². The Balaban J connectivity index is 1.88. The molecule has 0 aliphatic rings. The summed E-state index contributed by atoms with van der Waals surface area (Å²) in [6.45, 7) is 1.86. The lowest BCUT2D eigenvalue weighted by atomic mass is 10.0. The van der Waals surface area contributed by atoms with E-state index in [4.69, 9.17) is 10.5 Å². The first-order valence-electron chi connectivity index (χ1n) is 9.73. The first-order valence-corrected chi connectivity index (χ1v) is 11.2. The van der Waals surface area contributed by atoms with Gasteiger partial charge in [0.15, 0.2) is 0 Å². The van der Waals surface area contributed by atoms with Gasteiger partial charge in [-0.2, -0.15) is 0 Å². The number of carbonyl (C=O) groups is 1. The normalized spacial score (nSPS) is 12.6. The minimum absolute atomic E-state index is 0.0657. The van der Waals surface area contributed by atoms with Gasteiger partial charge in [-0.05, 0) is 48.9 Å². The average Bonchev–Trinajstić information content (AvgIpc) is 3.19. The Morgan fingerprint density at radius 2 is 1.61 bits per heavy atom. The number of ether oxygens (including phenoxy) is 1. The average molecular weight is 435 g/mol. The molecule has 0 saturated heterocycles. The van der Waals surface area contributed by atoms with Crippen molar-refractivity contribution in [3.63, 3.8) is 0 Å². The Bertz CT molecular complexity index is 1350. The predicted molar refractivity (Wildman–Crippen MR) is 120 cm³/mol. The Labute approximate surface area is 180 Å². The summed E-state index contributed by atoms with van der Waals surface area (Å²) in [5.41, 5.74) is 7.68. The molecular weight excluding hydrogens is 412 g/mol. The fraction of sp³-hybridized carbons (Fsp3) is 0.125. The van der Waals surface area contributed by atoms with Gasteiger partial charge < -0.3 is 10.5 Å². The summed E-state index contributed by atoms with van der Waals surface area (Å²) in [4.78, 5) is 13.4. The number of hydrogen-bond donors (Lipinski definition) is 1. The van der Waals surface area contributed by atoms with Crippen LogP contribution in [0.15, 0.2) is 83.8 Å². The Morgan fingerprint density at radius 1 is 0.968 bits per heavy atom. The Kier molecular flexibility index (Phi) is 5.39. The van der Waals surface area contributed by atoms with E-state index in [1.165, 1.54) is 19.2 Å². The van der Waals surface area contributed by atoms with Crippen LogP contribution in [0.2, 0.25) is 0 Å². The van der Waals surface area contributed by atoms with Crippen molar-refractivity contribution >= 4 is 26.7 Å². The molecule has 0 amide bonds.